The SMILES string of the molecule is O=C(Nc1nc(-c2ccc3c(c2)OCO3)cs1)c1cc2ccccc2o1. The monoisotopic (exact) mass is 364 g/mol. The van der Waals surface area contributed by atoms with Crippen LogP contribution in [-0.4, -0.2) is 17.7 Å². The van der Waals surface area contributed by atoms with Gasteiger partial charge < -0.3 is 13.9 Å². The lowest BCUT2D eigenvalue weighted by Crippen LogP contribution is -2.10. The van der Waals surface area contributed by atoms with Crippen LogP contribution in [0.5, 0.6) is 11.5 Å². The van der Waals surface area contributed by atoms with Crippen LogP contribution in [0, 0.1) is 0 Å². The van der Waals surface area contributed by atoms with Crippen LogP contribution < -0.4 is 14.8 Å². The molecule has 5 rings (SSSR count). The Labute approximate surface area is 152 Å². The quantitative estimate of drug-likeness (QED) is 0.578. The second kappa shape index (κ2) is 5.89. The average Bonchev–Trinajstić information content (AvgIpc) is 3.39. The summed E-state index contributed by atoms with van der Waals surface area (Å²) in [5, 5.41) is 6.05. The lowest BCUT2D eigenvalue weighted by atomic mass is 10.1. The van der Waals surface area contributed by atoms with Crippen LogP contribution >= 0.6 is 11.3 Å². The number of carbonyl (C=O) groups excluding carboxylic acids is 1. The number of amides is 1. The maximum absolute atomic E-state index is 12.4. The smallest absolute Gasteiger partial charge is 0.293 e. The van der Waals surface area contributed by atoms with Crippen LogP contribution in [0.1, 0.15) is 10.6 Å². The van der Waals surface area contributed by atoms with Gasteiger partial charge in [0.2, 0.25) is 6.79 Å². The number of nitrogens with one attached hydrogen (secondary N) is 1. The molecule has 1 amide bonds. The zero-order chi connectivity index (χ0) is 17.5. The van der Waals surface area contributed by atoms with Crippen molar-refractivity contribution in [1.82, 2.24) is 4.98 Å². The number of fused-ring (bicyclic) bond motifs is 2. The third kappa shape index (κ3) is 2.58. The van der Waals surface area contributed by atoms with Crippen molar-refractivity contribution in [2.24, 2.45) is 0 Å². The van der Waals surface area contributed by atoms with Gasteiger partial charge in [-0.3, -0.25) is 10.1 Å². The minimum Gasteiger partial charge on any atom is -0.454 e. The van der Waals surface area contributed by atoms with Crippen molar-refractivity contribution in [3.05, 3.63) is 59.7 Å². The lowest BCUT2D eigenvalue weighted by Gasteiger charge is -2.00. The summed E-state index contributed by atoms with van der Waals surface area (Å²) in [5.41, 5.74) is 2.33. The van der Waals surface area contributed by atoms with Crippen molar-refractivity contribution in [1.29, 1.82) is 0 Å². The number of carbonyl (C=O) groups is 1. The molecule has 3 heterocycles. The summed E-state index contributed by atoms with van der Waals surface area (Å²) in [6.45, 7) is 0.231. The minimum atomic E-state index is -0.326. The highest BCUT2D eigenvalue weighted by atomic mass is 32.1. The summed E-state index contributed by atoms with van der Waals surface area (Å²) in [6, 6.07) is 14.9. The van der Waals surface area contributed by atoms with E-state index in [0.717, 1.165) is 22.4 Å². The lowest BCUT2D eigenvalue weighted by molar-refractivity contribution is 0.0998. The molecular weight excluding hydrogens is 352 g/mol. The number of rotatable bonds is 3. The third-order valence-corrected chi connectivity index (χ3v) is 4.80. The second-order valence-corrected chi connectivity index (χ2v) is 6.57. The Bertz CT molecular complexity index is 1100. The Morgan fingerprint density at radius 2 is 1.96 bits per heavy atom. The molecule has 2 aromatic heterocycles. The molecule has 128 valence electrons. The van der Waals surface area contributed by atoms with E-state index in [1.807, 2.05) is 47.8 Å². The summed E-state index contributed by atoms with van der Waals surface area (Å²) in [5.74, 6) is 1.35. The first kappa shape index (κ1) is 15.0. The van der Waals surface area contributed by atoms with Crippen LogP contribution in [0.2, 0.25) is 0 Å². The maximum Gasteiger partial charge on any atom is 0.293 e. The van der Waals surface area contributed by atoms with E-state index in [-0.39, 0.29) is 18.5 Å². The van der Waals surface area contributed by atoms with E-state index in [2.05, 4.69) is 10.3 Å². The number of aromatic nitrogens is 1. The van der Waals surface area contributed by atoms with Crippen LogP contribution in [-0.2, 0) is 0 Å². The Morgan fingerprint density at radius 3 is 2.88 bits per heavy atom. The molecule has 7 heteroatoms. The molecule has 26 heavy (non-hydrogen) atoms. The Kier molecular flexibility index (Phi) is 3.39. The van der Waals surface area contributed by atoms with Crippen molar-refractivity contribution >= 4 is 33.3 Å². The highest BCUT2D eigenvalue weighted by molar-refractivity contribution is 7.14. The second-order valence-electron chi connectivity index (χ2n) is 5.71. The highest BCUT2D eigenvalue weighted by Gasteiger charge is 2.17. The number of hydrogen-bond acceptors (Lipinski definition) is 6. The van der Waals surface area contributed by atoms with Gasteiger partial charge in [0, 0.05) is 16.3 Å². The predicted molar refractivity (Wildman–Crippen MR) is 97.8 cm³/mol. The molecular formula is C19H12N2O4S. The van der Waals surface area contributed by atoms with Crippen LogP contribution in [0.4, 0.5) is 5.13 Å². The van der Waals surface area contributed by atoms with Gasteiger partial charge in [0.05, 0.1) is 5.69 Å². The number of furan rings is 1. The predicted octanol–water partition coefficient (Wildman–Crippen LogP) is 4.54. The van der Waals surface area contributed by atoms with Crippen LogP contribution in [0.3, 0.4) is 0 Å². The van der Waals surface area contributed by atoms with Crippen molar-refractivity contribution in [3.63, 3.8) is 0 Å². The molecule has 0 unspecified atom stereocenters. The molecule has 0 bridgehead atoms. The molecule has 0 atom stereocenters. The van der Waals surface area contributed by atoms with Gasteiger partial charge in [0.25, 0.3) is 5.91 Å². The number of hydrogen-bond donors (Lipinski definition) is 1. The van der Waals surface area contributed by atoms with E-state index in [9.17, 15) is 4.79 Å². The van der Waals surface area contributed by atoms with E-state index in [4.69, 9.17) is 13.9 Å². The highest BCUT2D eigenvalue weighted by Crippen LogP contribution is 2.36. The van der Waals surface area contributed by atoms with E-state index >= 15 is 0 Å². The fourth-order valence-corrected chi connectivity index (χ4v) is 3.49. The first-order valence-corrected chi connectivity index (χ1v) is 8.80. The van der Waals surface area contributed by atoms with Crippen LogP contribution in [0.25, 0.3) is 22.2 Å². The van der Waals surface area contributed by atoms with E-state index in [0.29, 0.717) is 16.5 Å². The maximum atomic E-state index is 12.4. The number of benzene rings is 2. The van der Waals surface area contributed by atoms with Crippen molar-refractivity contribution in [2.45, 2.75) is 0 Å². The number of para-hydroxylation sites is 1. The fourth-order valence-electron chi connectivity index (χ4n) is 2.77. The molecule has 0 fully saturated rings. The molecule has 1 N–H and O–H groups in total. The number of thiazole rings is 1. The summed E-state index contributed by atoms with van der Waals surface area (Å²) in [6.07, 6.45) is 0. The van der Waals surface area contributed by atoms with Gasteiger partial charge in [-0.05, 0) is 30.3 Å². The Balaban J connectivity index is 1.37. The number of anilines is 1. The van der Waals surface area contributed by atoms with Gasteiger partial charge in [-0.15, -0.1) is 11.3 Å². The van der Waals surface area contributed by atoms with E-state index in [1.54, 1.807) is 6.07 Å². The largest absolute Gasteiger partial charge is 0.454 e. The minimum absolute atomic E-state index is 0.231. The van der Waals surface area contributed by atoms with Crippen molar-refractivity contribution in [2.75, 3.05) is 12.1 Å². The molecule has 4 aromatic rings. The summed E-state index contributed by atoms with van der Waals surface area (Å²) >= 11 is 1.35. The van der Waals surface area contributed by atoms with Gasteiger partial charge in [-0.25, -0.2) is 4.98 Å². The van der Waals surface area contributed by atoms with Gasteiger partial charge in [-0.1, -0.05) is 18.2 Å². The molecule has 0 radical (unpaired) electrons. The molecule has 1 aliphatic heterocycles. The first-order chi connectivity index (χ1) is 12.8. The average molecular weight is 364 g/mol. The molecule has 0 spiro atoms. The van der Waals surface area contributed by atoms with E-state index < -0.39 is 0 Å². The fraction of sp³-hybridized carbons (Fsp3) is 0.0526. The molecule has 1 aliphatic rings. The van der Waals surface area contributed by atoms with Crippen LogP contribution in [0.15, 0.2) is 58.3 Å². The standard InChI is InChI=1S/C19H12N2O4S/c22-18(17-8-12-3-1-2-4-14(12)25-17)21-19-20-13(9-26-19)11-5-6-15-16(7-11)24-10-23-15/h1-9H,10H2,(H,20,21,22). The third-order valence-electron chi connectivity index (χ3n) is 4.04. The summed E-state index contributed by atoms with van der Waals surface area (Å²) in [7, 11) is 0. The molecule has 6 nitrogen and oxygen atoms in total. The summed E-state index contributed by atoms with van der Waals surface area (Å²) in [4.78, 5) is 16.9. The van der Waals surface area contributed by atoms with Crippen molar-refractivity contribution < 1.29 is 18.7 Å². The van der Waals surface area contributed by atoms with Gasteiger partial charge in [0.15, 0.2) is 22.4 Å². The zero-order valence-corrected chi connectivity index (χ0v) is 14.2. The van der Waals surface area contributed by atoms with Gasteiger partial charge in [-0.2, -0.15) is 0 Å². The zero-order valence-electron chi connectivity index (χ0n) is 13.4. The Hall–Kier alpha value is -3.32. The number of ether oxygens (including phenoxy) is 2. The van der Waals surface area contributed by atoms with Crippen molar-refractivity contribution in [3.8, 4) is 22.8 Å². The molecule has 0 saturated heterocycles. The van der Waals surface area contributed by atoms with Gasteiger partial charge >= 0.3 is 0 Å². The van der Waals surface area contributed by atoms with Gasteiger partial charge in [0.1, 0.15) is 5.58 Å². The first-order valence-electron chi connectivity index (χ1n) is 7.92. The number of nitrogens with zero attached hydrogens (tertiary/aromatic N) is 1. The topological polar surface area (TPSA) is 73.6 Å². The Morgan fingerprint density at radius 1 is 1.08 bits per heavy atom. The molecule has 0 aliphatic carbocycles. The normalized spacial score (nSPS) is 12.5. The van der Waals surface area contributed by atoms with E-state index in [1.165, 1.54) is 11.3 Å². The molecule has 2 aromatic carbocycles. The summed E-state index contributed by atoms with van der Waals surface area (Å²) < 4.78 is 16.3. The molecule has 0 saturated carbocycles.